The van der Waals surface area contributed by atoms with E-state index in [0.717, 1.165) is 11.9 Å². The van der Waals surface area contributed by atoms with E-state index in [1.807, 2.05) is 6.07 Å². The van der Waals surface area contributed by atoms with Crippen LogP contribution in [0.3, 0.4) is 0 Å². The molecule has 104 valence electrons. The zero-order valence-corrected chi connectivity index (χ0v) is 10.8. The number of aromatic nitrogens is 2. The molecule has 20 heavy (non-hydrogen) atoms. The minimum atomic E-state index is -0.500. The molecule has 1 aromatic carbocycles. The van der Waals surface area contributed by atoms with Crippen LogP contribution in [0.4, 0.5) is 21.8 Å². The van der Waals surface area contributed by atoms with Crippen molar-refractivity contribution >= 4 is 17.5 Å². The van der Waals surface area contributed by atoms with Crippen molar-refractivity contribution in [3.63, 3.8) is 0 Å². The van der Waals surface area contributed by atoms with Gasteiger partial charge in [-0.15, -0.1) is 0 Å². The van der Waals surface area contributed by atoms with Crippen molar-refractivity contribution in [2.75, 3.05) is 30.9 Å². The predicted molar refractivity (Wildman–Crippen MR) is 72.3 cm³/mol. The van der Waals surface area contributed by atoms with Crippen molar-refractivity contribution < 1.29 is 13.9 Å². The van der Waals surface area contributed by atoms with E-state index < -0.39 is 5.82 Å². The number of nitrogens with one attached hydrogen (secondary N) is 2. The molecule has 0 fully saturated rings. The van der Waals surface area contributed by atoms with Crippen molar-refractivity contribution in [3.05, 3.63) is 30.2 Å². The van der Waals surface area contributed by atoms with E-state index in [4.69, 9.17) is 9.47 Å². The summed E-state index contributed by atoms with van der Waals surface area (Å²) in [6, 6.07) is 5.42. The van der Waals surface area contributed by atoms with E-state index in [9.17, 15) is 4.39 Å². The molecule has 0 amide bonds. The van der Waals surface area contributed by atoms with Crippen molar-refractivity contribution in [2.45, 2.75) is 0 Å². The Balaban J connectivity index is 1.84. The molecule has 6 nitrogen and oxygen atoms in total. The molecule has 0 radical (unpaired) electrons. The first-order valence-electron chi connectivity index (χ1n) is 6.13. The van der Waals surface area contributed by atoms with Gasteiger partial charge in [0.05, 0.1) is 6.20 Å². The van der Waals surface area contributed by atoms with Gasteiger partial charge in [-0.3, -0.25) is 0 Å². The lowest BCUT2D eigenvalue weighted by molar-refractivity contribution is 0.171. The number of ether oxygens (including phenoxy) is 2. The standard InChI is InChI=1S/C13H13FN4O2/c1-15-12-9(14)7-16-13(18-12)17-8-2-3-10-11(6-8)20-5-4-19-10/h2-3,6-7H,4-5H2,1H3,(H2,15,16,17,18). The third-order valence-corrected chi connectivity index (χ3v) is 2.78. The van der Waals surface area contributed by atoms with Gasteiger partial charge < -0.3 is 20.1 Å². The fraction of sp³-hybridized carbons (Fsp3) is 0.231. The summed E-state index contributed by atoms with van der Waals surface area (Å²) in [6.45, 7) is 1.07. The van der Waals surface area contributed by atoms with Gasteiger partial charge in [0.25, 0.3) is 0 Å². The lowest BCUT2D eigenvalue weighted by Gasteiger charge is -2.19. The number of anilines is 3. The molecule has 2 aromatic rings. The highest BCUT2D eigenvalue weighted by molar-refractivity contribution is 5.60. The predicted octanol–water partition coefficient (Wildman–Crippen LogP) is 2.17. The van der Waals surface area contributed by atoms with Gasteiger partial charge in [-0.1, -0.05) is 0 Å². The van der Waals surface area contributed by atoms with Gasteiger partial charge in [0, 0.05) is 18.8 Å². The summed E-state index contributed by atoms with van der Waals surface area (Å²) in [4.78, 5) is 7.90. The van der Waals surface area contributed by atoms with E-state index in [0.29, 0.717) is 30.7 Å². The van der Waals surface area contributed by atoms with E-state index in [1.165, 1.54) is 0 Å². The van der Waals surface area contributed by atoms with Crippen LogP contribution >= 0.6 is 0 Å². The van der Waals surface area contributed by atoms with Crippen LogP contribution in [0.15, 0.2) is 24.4 Å². The number of halogens is 1. The number of benzene rings is 1. The fourth-order valence-electron chi connectivity index (χ4n) is 1.85. The quantitative estimate of drug-likeness (QED) is 0.895. The molecule has 7 heteroatoms. The fourth-order valence-corrected chi connectivity index (χ4v) is 1.85. The van der Waals surface area contributed by atoms with Crippen LogP contribution in [0.25, 0.3) is 0 Å². The second-order valence-corrected chi connectivity index (χ2v) is 4.12. The molecule has 3 rings (SSSR count). The Morgan fingerprint density at radius 2 is 2.00 bits per heavy atom. The highest BCUT2D eigenvalue weighted by Crippen LogP contribution is 2.33. The lowest BCUT2D eigenvalue weighted by atomic mass is 10.2. The average Bonchev–Trinajstić information content (AvgIpc) is 2.49. The summed E-state index contributed by atoms with van der Waals surface area (Å²) < 4.78 is 24.2. The summed E-state index contributed by atoms with van der Waals surface area (Å²) in [7, 11) is 1.60. The van der Waals surface area contributed by atoms with Crippen molar-refractivity contribution in [1.29, 1.82) is 0 Å². The molecule has 0 unspecified atom stereocenters. The topological polar surface area (TPSA) is 68.3 Å². The zero-order chi connectivity index (χ0) is 13.9. The van der Waals surface area contributed by atoms with Crippen LogP contribution in [0, 0.1) is 5.82 Å². The third kappa shape index (κ3) is 2.42. The summed E-state index contributed by atoms with van der Waals surface area (Å²) in [5.41, 5.74) is 0.739. The molecule has 0 saturated carbocycles. The Labute approximate surface area is 115 Å². The number of hydrogen-bond donors (Lipinski definition) is 2. The summed E-state index contributed by atoms with van der Waals surface area (Å²) in [5.74, 6) is 1.31. The molecule has 0 bridgehead atoms. The number of hydrogen-bond acceptors (Lipinski definition) is 6. The number of rotatable bonds is 3. The summed E-state index contributed by atoms with van der Waals surface area (Å²) in [5, 5.41) is 5.65. The molecule has 0 aliphatic carbocycles. The molecule has 1 aliphatic rings. The molecular formula is C13H13FN4O2. The molecule has 1 aliphatic heterocycles. The van der Waals surface area contributed by atoms with E-state index in [2.05, 4.69) is 20.6 Å². The van der Waals surface area contributed by atoms with Crippen LogP contribution in [0.1, 0.15) is 0 Å². The Morgan fingerprint density at radius 1 is 1.20 bits per heavy atom. The first-order chi connectivity index (χ1) is 9.76. The average molecular weight is 276 g/mol. The monoisotopic (exact) mass is 276 g/mol. The third-order valence-electron chi connectivity index (χ3n) is 2.78. The Bertz CT molecular complexity index is 636. The van der Waals surface area contributed by atoms with Crippen LogP contribution in [-0.4, -0.2) is 30.2 Å². The van der Waals surface area contributed by atoms with E-state index >= 15 is 0 Å². The molecule has 2 N–H and O–H groups in total. The minimum absolute atomic E-state index is 0.139. The van der Waals surface area contributed by atoms with Gasteiger partial charge in [-0.2, -0.15) is 4.98 Å². The van der Waals surface area contributed by atoms with E-state index in [-0.39, 0.29) is 5.82 Å². The second kappa shape index (κ2) is 5.20. The second-order valence-electron chi connectivity index (χ2n) is 4.12. The molecule has 0 spiro atoms. The summed E-state index contributed by atoms with van der Waals surface area (Å²) >= 11 is 0. The first-order valence-corrected chi connectivity index (χ1v) is 6.13. The first kappa shape index (κ1) is 12.5. The van der Waals surface area contributed by atoms with Crippen LogP contribution in [0.5, 0.6) is 11.5 Å². The molecule has 0 atom stereocenters. The van der Waals surface area contributed by atoms with Crippen molar-refractivity contribution in [3.8, 4) is 11.5 Å². The SMILES string of the molecule is CNc1nc(Nc2ccc3c(c2)OCCO3)ncc1F. The van der Waals surface area contributed by atoms with Crippen LogP contribution < -0.4 is 20.1 Å². The number of fused-ring (bicyclic) bond motifs is 1. The Morgan fingerprint density at radius 3 is 2.80 bits per heavy atom. The maximum atomic E-state index is 13.3. The maximum absolute atomic E-state index is 13.3. The van der Waals surface area contributed by atoms with Gasteiger partial charge in [-0.25, -0.2) is 9.37 Å². The van der Waals surface area contributed by atoms with Crippen LogP contribution in [-0.2, 0) is 0 Å². The minimum Gasteiger partial charge on any atom is -0.486 e. The van der Waals surface area contributed by atoms with Gasteiger partial charge in [0.15, 0.2) is 23.1 Å². The number of nitrogens with zero attached hydrogens (tertiary/aromatic N) is 2. The smallest absolute Gasteiger partial charge is 0.229 e. The normalized spacial score (nSPS) is 12.9. The van der Waals surface area contributed by atoms with Crippen molar-refractivity contribution in [2.24, 2.45) is 0 Å². The highest BCUT2D eigenvalue weighted by Gasteiger charge is 2.12. The Hall–Kier alpha value is -2.57. The zero-order valence-electron chi connectivity index (χ0n) is 10.8. The molecular weight excluding hydrogens is 263 g/mol. The maximum Gasteiger partial charge on any atom is 0.229 e. The summed E-state index contributed by atoms with van der Waals surface area (Å²) in [6.07, 6.45) is 1.11. The van der Waals surface area contributed by atoms with E-state index in [1.54, 1.807) is 19.2 Å². The Kier molecular flexibility index (Phi) is 3.24. The highest BCUT2D eigenvalue weighted by atomic mass is 19.1. The molecule has 0 saturated heterocycles. The van der Waals surface area contributed by atoms with Gasteiger partial charge >= 0.3 is 0 Å². The van der Waals surface area contributed by atoms with Gasteiger partial charge in [0.1, 0.15) is 13.2 Å². The van der Waals surface area contributed by atoms with Crippen molar-refractivity contribution in [1.82, 2.24) is 9.97 Å². The largest absolute Gasteiger partial charge is 0.486 e. The molecule has 2 heterocycles. The lowest BCUT2D eigenvalue weighted by Crippen LogP contribution is -2.15. The van der Waals surface area contributed by atoms with Crippen LogP contribution in [0.2, 0.25) is 0 Å². The molecule has 1 aromatic heterocycles. The van der Waals surface area contributed by atoms with Gasteiger partial charge in [0.2, 0.25) is 5.95 Å². The van der Waals surface area contributed by atoms with Gasteiger partial charge in [-0.05, 0) is 12.1 Å².